The Morgan fingerprint density at radius 2 is 1.90 bits per heavy atom. The van der Waals surface area contributed by atoms with Gasteiger partial charge >= 0.3 is 0 Å². The first-order valence-corrected chi connectivity index (χ1v) is 8.50. The number of morpholine rings is 2. The molecule has 3 rings (SSSR count). The van der Waals surface area contributed by atoms with Crippen molar-refractivity contribution >= 4 is 15.9 Å². The van der Waals surface area contributed by atoms with Crippen molar-refractivity contribution in [2.75, 3.05) is 32.4 Å². The Bertz CT molecular complexity index is 642. The van der Waals surface area contributed by atoms with Crippen LogP contribution in [0.1, 0.15) is 16.1 Å². The number of rotatable bonds is 2. The lowest BCUT2D eigenvalue weighted by Crippen LogP contribution is -2.61. The van der Waals surface area contributed by atoms with Crippen LogP contribution in [0, 0.1) is 6.92 Å². The summed E-state index contributed by atoms with van der Waals surface area (Å²) in [6.45, 7) is 2.98. The molecule has 0 aliphatic carbocycles. The Hall–Kier alpha value is -1.45. The summed E-state index contributed by atoms with van der Waals surface area (Å²) in [5, 5.41) is 3.61. The summed E-state index contributed by atoms with van der Waals surface area (Å²) in [5.74, 6) is 0.328. The van der Waals surface area contributed by atoms with Crippen LogP contribution in [0.25, 0.3) is 0 Å². The van der Waals surface area contributed by atoms with Crippen LogP contribution in [0.15, 0.2) is 10.7 Å². The van der Waals surface area contributed by atoms with Gasteiger partial charge in [-0.2, -0.15) is 4.31 Å². The molecule has 1 aromatic rings. The third-order valence-corrected chi connectivity index (χ3v) is 5.02. The molecule has 2 bridgehead atoms. The van der Waals surface area contributed by atoms with Gasteiger partial charge in [-0.25, -0.2) is 8.42 Å². The molecule has 8 nitrogen and oxygen atoms in total. The number of carbonyl (C=O) groups is 1. The molecule has 0 spiro atoms. The van der Waals surface area contributed by atoms with Gasteiger partial charge in [-0.15, -0.1) is 0 Å². The Balaban J connectivity index is 1.74. The molecule has 9 heteroatoms. The zero-order chi connectivity index (χ0) is 15.2. The van der Waals surface area contributed by atoms with E-state index in [1.54, 1.807) is 11.8 Å². The number of ether oxygens (including phenoxy) is 1. The number of amides is 1. The molecule has 3 heterocycles. The van der Waals surface area contributed by atoms with E-state index in [-0.39, 0.29) is 31.2 Å². The lowest BCUT2D eigenvalue weighted by molar-refractivity contribution is -0.113. The van der Waals surface area contributed by atoms with Crippen LogP contribution in [0.5, 0.6) is 0 Å². The minimum atomic E-state index is -3.23. The van der Waals surface area contributed by atoms with Gasteiger partial charge in [0.25, 0.3) is 5.91 Å². The van der Waals surface area contributed by atoms with Crippen LogP contribution >= 0.6 is 0 Å². The molecule has 0 aromatic carbocycles. The van der Waals surface area contributed by atoms with Crippen molar-refractivity contribution in [2.45, 2.75) is 19.1 Å². The lowest BCUT2D eigenvalue weighted by Gasteiger charge is -2.44. The fourth-order valence-electron chi connectivity index (χ4n) is 2.77. The zero-order valence-electron chi connectivity index (χ0n) is 11.9. The SMILES string of the molecule is Cc1oncc1C(=O)N1CC2CN(S(C)(=O)=O)CC(C1)O2. The van der Waals surface area contributed by atoms with E-state index in [1.807, 2.05) is 0 Å². The van der Waals surface area contributed by atoms with Crippen molar-refractivity contribution in [3.05, 3.63) is 17.5 Å². The standard InChI is InChI=1S/C12H17N3O5S/c1-8-11(3-13-20-8)12(16)14-4-9-6-15(21(2,17)18)7-10(5-14)19-9/h3,9-10H,4-7H2,1-2H3. The number of hydrogen-bond acceptors (Lipinski definition) is 6. The summed E-state index contributed by atoms with van der Waals surface area (Å²) in [5.41, 5.74) is 0.440. The second-order valence-electron chi connectivity index (χ2n) is 5.47. The average Bonchev–Trinajstić information content (AvgIpc) is 2.82. The first-order valence-electron chi connectivity index (χ1n) is 6.65. The summed E-state index contributed by atoms with van der Waals surface area (Å²) in [6.07, 6.45) is 2.01. The van der Waals surface area contributed by atoms with Crippen molar-refractivity contribution in [1.82, 2.24) is 14.4 Å². The maximum atomic E-state index is 12.4. The first-order chi connectivity index (χ1) is 9.84. The molecule has 1 aromatic heterocycles. The summed E-state index contributed by atoms with van der Waals surface area (Å²) < 4.78 is 35.3. The van der Waals surface area contributed by atoms with Crippen molar-refractivity contribution in [2.24, 2.45) is 0 Å². The Labute approximate surface area is 122 Å². The molecule has 0 saturated carbocycles. The van der Waals surface area contributed by atoms with Crippen LogP contribution in [-0.4, -0.2) is 73.3 Å². The van der Waals surface area contributed by atoms with E-state index in [4.69, 9.17) is 9.26 Å². The van der Waals surface area contributed by atoms with Gasteiger partial charge in [0, 0.05) is 26.2 Å². The molecule has 116 valence electrons. The van der Waals surface area contributed by atoms with E-state index in [1.165, 1.54) is 16.8 Å². The molecule has 2 aliphatic heterocycles. The molecule has 1 amide bonds. The van der Waals surface area contributed by atoms with Crippen molar-refractivity contribution in [1.29, 1.82) is 0 Å². The van der Waals surface area contributed by atoms with Crippen molar-refractivity contribution < 1.29 is 22.5 Å². The summed E-state index contributed by atoms with van der Waals surface area (Å²) in [7, 11) is -3.23. The third-order valence-electron chi connectivity index (χ3n) is 3.78. The topological polar surface area (TPSA) is 93.0 Å². The summed E-state index contributed by atoms with van der Waals surface area (Å²) in [6, 6.07) is 0. The Kier molecular flexibility index (Phi) is 3.50. The van der Waals surface area contributed by atoms with Crippen molar-refractivity contribution in [3.8, 4) is 0 Å². The number of sulfonamides is 1. The highest BCUT2D eigenvalue weighted by Gasteiger charge is 2.40. The normalized spacial score (nSPS) is 26.9. The number of nitrogens with zero attached hydrogens (tertiary/aromatic N) is 3. The Morgan fingerprint density at radius 3 is 2.38 bits per heavy atom. The van der Waals surface area contributed by atoms with Gasteiger partial charge in [0.05, 0.1) is 24.7 Å². The van der Waals surface area contributed by atoms with Gasteiger partial charge in [0.2, 0.25) is 10.0 Å². The molecule has 2 fully saturated rings. The number of fused-ring (bicyclic) bond motifs is 2. The van der Waals surface area contributed by atoms with Crippen LogP contribution in [0.4, 0.5) is 0 Å². The smallest absolute Gasteiger partial charge is 0.259 e. The van der Waals surface area contributed by atoms with E-state index < -0.39 is 10.0 Å². The van der Waals surface area contributed by atoms with Gasteiger partial charge in [0.1, 0.15) is 11.3 Å². The molecule has 0 radical (unpaired) electrons. The van der Waals surface area contributed by atoms with Gasteiger partial charge in [-0.05, 0) is 6.92 Å². The van der Waals surface area contributed by atoms with E-state index >= 15 is 0 Å². The summed E-state index contributed by atoms with van der Waals surface area (Å²) in [4.78, 5) is 14.1. The van der Waals surface area contributed by atoms with E-state index in [0.717, 1.165) is 0 Å². The van der Waals surface area contributed by atoms with Gasteiger partial charge in [-0.3, -0.25) is 4.79 Å². The minimum Gasteiger partial charge on any atom is -0.369 e. The third kappa shape index (κ3) is 2.81. The van der Waals surface area contributed by atoms with Gasteiger partial charge < -0.3 is 14.2 Å². The van der Waals surface area contributed by atoms with Crippen LogP contribution in [0.2, 0.25) is 0 Å². The molecule has 2 aliphatic rings. The number of hydrogen-bond donors (Lipinski definition) is 0. The van der Waals surface area contributed by atoms with Crippen LogP contribution in [-0.2, 0) is 14.8 Å². The number of aryl methyl sites for hydroxylation is 1. The van der Waals surface area contributed by atoms with Gasteiger partial charge in [0.15, 0.2) is 0 Å². The minimum absolute atomic E-state index is 0.153. The predicted octanol–water partition coefficient (Wildman–Crippen LogP) is -0.532. The van der Waals surface area contributed by atoms with Crippen LogP contribution in [0.3, 0.4) is 0 Å². The summed E-state index contributed by atoms with van der Waals surface area (Å²) >= 11 is 0. The molecular weight excluding hydrogens is 298 g/mol. The van der Waals surface area contributed by atoms with E-state index in [9.17, 15) is 13.2 Å². The van der Waals surface area contributed by atoms with E-state index in [0.29, 0.717) is 24.4 Å². The molecule has 2 unspecified atom stereocenters. The fraction of sp³-hybridized carbons (Fsp3) is 0.667. The highest BCUT2D eigenvalue weighted by atomic mass is 32.2. The maximum Gasteiger partial charge on any atom is 0.259 e. The fourth-order valence-corrected chi connectivity index (χ4v) is 3.64. The monoisotopic (exact) mass is 315 g/mol. The van der Waals surface area contributed by atoms with Crippen molar-refractivity contribution in [3.63, 3.8) is 0 Å². The molecular formula is C12H17N3O5S. The molecule has 0 N–H and O–H groups in total. The number of carbonyl (C=O) groups excluding carboxylic acids is 1. The first kappa shape index (κ1) is 14.5. The average molecular weight is 315 g/mol. The molecule has 21 heavy (non-hydrogen) atoms. The lowest BCUT2D eigenvalue weighted by atomic mass is 10.1. The quantitative estimate of drug-likeness (QED) is 0.728. The molecule has 2 saturated heterocycles. The highest BCUT2D eigenvalue weighted by Crippen LogP contribution is 2.22. The van der Waals surface area contributed by atoms with E-state index in [2.05, 4.69) is 5.16 Å². The molecule has 2 atom stereocenters. The van der Waals surface area contributed by atoms with Gasteiger partial charge in [-0.1, -0.05) is 5.16 Å². The number of aromatic nitrogens is 1. The second-order valence-corrected chi connectivity index (χ2v) is 7.45. The predicted molar refractivity (Wildman–Crippen MR) is 72.2 cm³/mol. The maximum absolute atomic E-state index is 12.4. The highest BCUT2D eigenvalue weighted by molar-refractivity contribution is 7.88. The zero-order valence-corrected chi connectivity index (χ0v) is 12.7. The van der Waals surface area contributed by atoms with Crippen LogP contribution < -0.4 is 0 Å². The largest absolute Gasteiger partial charge is 0.369 e. The second kappa shape index (κ2) is 5.08. The Morgan fingerprint density at radius 1 is 1.29 bits per heavy atom.